The van der Waals surface area contributed by atoms with Crippen LogP contribution in [-0.2, 0) is 65.4 Å². The van der Waals surface area contributed by atoms with Crippen LogP contribution < -0.4 is 0 Å². The highest BCUT2D eigenvalue weighted by Gasteiger charge is 2.30. The molecule has 0 aromatic rings. The zero-order valence-corrected chi connectivity index (χ0v) is 65.9. The number of phosphoric ester groups is 2. The summed E-state index contributed by atoms with van der Waals surface area (Å²) < 4.78 is 68.6. The molecule has 0 aliphatic heterocycles. The van der Waals surface area contributed by atoms with Gasteiger partial charge < -0.3 is 33.8 Å². The Labute approximate surface area is 600 Å². The normalized spacial score (nSPS) is 14.2. The van der Waals surface area contributed by atoms with E-state index >= 15 is 0 Å². The predicted molar refractivity (Wildman–Crippen MR) is 400 cm³/mol. The molecule has 0 saturated carbocycles. The molecule has 0 rings (SSSR count). The molecule has 0 fully saturated rings. The van der Waals surface area contributed by atoms with Crippen LogP contribution in [-0.4, -0.2) is 96.7 Å². The van der Waals surface area contributed by atoms with Crippen molar-refractivity contribution in [1.82, 2.24) is 0 Å². The Morgan fingerprint density at radius 1 is 0.296 bits per heavy atom. The van der Waals surface area contributed by atoms with Crippen molar-refractivity contribution in [2.24, 2.45) is 11.8 Å². The fourth-order valence-electron chi connectivity index (χ4n) is 12.2. The number of carbonyl (C=O) groups excluding carboxylic acids is 4. The van der Waals surface area contributed by atoms with E-state index in [-0.39, 0.29) is 25.7 Å². The monoisotopic (exact) mass is 1440 g/mol. The third-order valence-corrected chi connectivity index (χ3v) is 20.7. The highest BCUT2D eigenvalue weighted by atomic mass is 31.2. The summed E-state index contributed by atoms with van der Waals surface area (Å²) in [4.78, 5) is 72.9. The highest BCUT2D eigenvalue weighted by Crippen LogP contribution is 2.45. The number of aliphatic hydroxyl groups is 1. The minimum absolute atomic E-state index is 0.106. The number of hydrogen-bond donors (Lipinski definition) is 3. The fourth-order valence-corrected chi connectivity index (χ4v) is 13.7. The van der Waals surface area contributed by atoms with Gasteiger partial charge in [-0.1, -0.05) is 363 Å². The molecule has 17 nitrogen and oxygen atoms in total. The number of carbonyl (C=O) groups is 4. The molecular formula is C79H154O17P2. The Kier molecular flexibility index (Phi) is 69.3. The van der Waals surface area contributed by atoms with Crippen molar-refractivity contribution in [3.8, 4) is 0 Å². The van der Waals surface area contributed by atoms with Crippen LogP contribution in [0.2, 0.25) is 0 Å². The maximum atomic E-state index is 13.1. The van der Waals surface area contributed by atoms with Gasteiger partial charge >= 0.3 is 39.5 Å². The van der Waals surface area contributed by atoms with Crippen molar-refractivity contribution in [2.75, 3.05) is 39.6 Å². The van der Waals surface area contributed by atoms with Crippen molar-refractivity contribution >= 4 is 39.5 Å². The first-order valence-electron chi connectivity index (χ1n) is 41.0. The standard InChI is InChI=1S/C79H154O17P2/c1-7-10-12-14-16-18-20-21-29-32-38-44-50-56-62-77(82)90-68-74(95-78(83)63-57-51-45-39-33-30-27-25-23-22-24-26-28-31-36-42-48-54-60-72(6)9-3)69-93-97(85,86)91-65-73(80)66-92-98(87,88)94-70-75(67-89-76(81)61-55-49-43-37-19-17-15-13-11-8-2)96-79(84)64-58-52-46-40-34-35-41-47-53-59-71(4)5/h71-75,80H,7-70H2,1-6H3,(H,85,86)(H,87,88)/t72?,73-,74-,75-/m1/s1. The topological polar surface area (TPSA) is 237 Å². The Hall–Kier alpha value is -1.94. The third kappa shape index (κ3) is 71.1. The number of rotatable bonds is 78. The highest BCUT2D eigenvalue weighted by molar-refractivity contribution is 7.47. The molecule has 98 heavy (non-hydrogen) atoms. The number of aliphatic hydroxyl groups excluding tert-OH is 1. The summed E-state index contributed by atoms with van der Waals surface area (Å²) in [5, 5.41) is 10.6. The second-order valence-electron chi connectivity index (χ2n) is 29.2. The summed E-state index contributed by atoms with van der Waals surface area (Å²) in [6, 6.07) is 0. The lowest BCUT2D eigenvalue weighted by Gasteiger charge is -2.21. The molecule has 0 bridgehead atoms. The van der Waals surface area contributed by atoms with E-state index in [0.717, 1.165) is 102 Å². The fraction of sp³-hybridized carbons (Fsp3) is 0.949. The van der Waals surface area contributed by atoms with Gasteiger partial charge in [0.25, 0.3) is 0 Å². The number of unbranched alkanes of at least 4 members (excludes halogenated alkanes) is 47. The number of esters is 4. The lowest BCUT2D eigenvalue weighted by Crippen LogP contribution is -2.30. The van der Waals surface area contributed by atoms with Gasteiger partial charge in [-0.3, -0.25) is 37.3 Å². The Morgan fingerprint density at radius 2 is 0.520 bits per heavy atom. The number of phosphoric acid groups is 2. The van der Waals surface area contributed by atoms with Gasteiger partial charge in [0.05, 0.1) is 26.4 Å². The van der Waals surface area contributed by atoms with Crippen LogP contribution in [0.1, 0.15) is 414 Å². The Balaban J connectivity index is 5.20. The molecule has 0 amide bonds. The van der Waals surface area contributed by atoms with E-state index in [1.807, 2.05) is 0 Å². The molecule has 582 valence electrons. The van der Waals surface area contributed by atoms with Gasteiger partial charge in [0.1, 0.15) is 19.3 Å². The molecule has 0 heterocycles. The summed E-state index contributed by atoms with van der Waals surface area (Å²) in [5.41, 5.74) is 0. The smallest absolute Gasteiger partial charge is 0.462 e. The van der Waals surface area contributed by atoms with Crippen molar-refractivity contribution in [1.29, 1.82) is 0 Å². The SMILES string of the molecule is CCCCCCCCCCCCCCCCC(=O)OC[C@H](COP(=O)(O)OC[C@@H](O)COP(=O)(O)OC[C@@H](COC(=O)CCCCCCCCCCCC)OC(=O)CCCCCCCCCCCC(C)C)OC(=O)CCCCCCCCCCCCCCCCCCCCC(C)CC. The molecular weight excluding hydrogens is 1280 g/mol. The third-order valence-electron chi connectivity index (χ3n) is 18.8. The molecule has 0 aliphatic carbocycles. The van der Waals surface area contributed by atoms with Crippen LogP contribution in [0.25, 0.3) is 0 Å². The lowest BCUT2D eigenvalue weighted by molar-refractivity contribution is -0.161. The van der Waals surface area contributed by atoms with E-state index in [1.54, 1.807) is 0 Å². The molecule has 0 aromatic carbocycles. The minimum atomic E-state index is -4.96. The van der Waals surface area contributed by atoms with E-state index in [2.05, 4.69) is 41.5 Å². The molecule has 19 heteroatoms. The van der Waals surface area contributed by atoms with E-state index in [0.29, 0.717) is 25.7 Å². The molecule has 0 aliphatic rings. The zero-order valence-electron chi connectivity index (χ0n) is 64.1. The van der Waals surface area contributed by atoms with Crippen molar-refractivity contribution in [3.05, 3.63) is 0 Å². The Morgan fingerprint density at radius 3 is 0.776 bits per heavy atom. The molecule has 3 N–H and O–H groups in total. The first kappa shape index (κ1) is 96.1. The molecule has 0 saturated heterocycles. The quantitative estimate of drug-likeness (QED) is 0.0222. The number of ether oxygens (including phenoxy) is 4. The molecule has 6 atom stereocenters. The van der Waals surface area contributed by atoms with Gasteiger partial charge in [-0.15, -0.1) is 0 Å². The first-order chi connectivity index (χ1) is 47.4. The maximum absolute atomic E-state index is 13.1. The minimum Gasteiger partial charge on any atom is -0.462 e. The van der Waals surface area contributed by atoms with Gasteiger partial charge in [0.15, 0.2) is 12.2 Å². The summed E-state index contributed by atoms with van der Waals surface area (Å²) >= 11 is 0. The maximum Gasteiger partial charge on any atom is 0.472 e. The van der Waals surface area contributed by atoms with Crippen LogP contribution >= 0.6 is 15.6 Å². The summed E-state index contributed by atoms with van der Waals surface area (Å²) in [6.45, 7) is 9.65. The summed E-state index contributed by atoms with van der Waals surface area (Å²) in [6.07, 6.45) is 59.6. The molecule has 0 spiro atoms. The Bertz CT molecular complexity index is 1890. The second-order valence-corrected chi connectivity index (χ2v) is 32.1. The van der Waals surface area contributed by atoms with Crippen LogP contribution in [0.5, 0.6) is 0 Å². The average molecular weight is 1440 g/mol. The largest absolute Gasteiger partial charge is 0.472 e. The van der Waals surface area contributed by atoms with Gasteiger partial charge in [-0.25, -0.2) is 9.13 Å². The van der Waals surface area contributed by atoms with E-state index in [9.17, 15) is 43.2 Å². The van der Waals surface area contributed by atoms with Crippen LogP contribution in [0, 0.1) is 11.8 Å². The van der Waals surface area contributed by atoms with Gasteiger partial charge in [-0.05, 0) is 37.5 Å². The van der Waals surface area contributed by atoms with Crippen molar-refractivity contribution < 1.29 is 80.2 Å². The van der Waals surface area contributed by atoms with Crippen LogP contribution in [0.15, 0.2) is 0 Å². The second kappa shape index (κ2) is 70.7. The molecule has 0 radical (unpaired) electrons. The van der Waals surface area contributed by atoms with E-state index < -0.39 is 97.5 Å². The first-order valence-corrected chi connectivity index (χ1v) is 44.0. The van der Waals surface area contributed by atoms with Gasteiger partial charge in [-0.2, -0.15) is 0 Å². The summed E-state index contributed by atoms with van der Waals surface area (Å²) in [7, 11) is -9.91. The van der Waals surface area contributed by atoms with Crippen molar-refractivity contribution in [2.45, 2.75) is 432 Å². The number of hydrogen-bond acceptors (Lipinski definition) is 15. The lowest BCUT2D eigenvalue weighted by atomic mass is 9.99. The molecule has 3 unspecified atom stereocenters. The zero-order chi connectivity index (χ0) is 72.1. The van der Waals surface area contributed by atoms with Gasteiger partial charge in [0.2, 0.25) is 0 Å². The van der Waals surface area contributed by atoms with Gasteiger partial charge in [0, 0.05) is 25.7 Å². The van der Waals surface area contributed by atoms with Crippen molar-refractivity contribution in [3.63, 3.8) is 0 Å². The van der Waals surface area contributed by atoms with Crippen LogP contribution in [0.3, 0.4) is 0 Å². The average Bonchev–Trinajstić information content (AvgIpc) is 0.939. The summed E-state index contributed by atoms with van der Waals surface area (Å²) in [5.74, 6) is -0.504. The van der Waals surface area contributed by atoms with E-state index in [1.165, 1.54) is 231 Å². The van der Waals surface area contributed by atoms with E-state index in [4.69, 9.17) is 37.0 Å². The molecule has 0 aromatic heterocycles. The predicted octanol–water partition coefficient (Wildman–Crippen LogP) is 23.5. The van der Waals surface area contributed by atoms with Crippen LogP contribution in [0.4, 0.5) is 0 Å².